The van der Waals surface area contributed by atoms with E-state index in [-0.39, 0.29) is 5.75 Å². The van der Waals surface area contributed by atoms with Crippen LogP contribution < -0.4 is 10.1 Å². The van der Waals surface area contributed by atoms with Gasteiger partial charge in [-0.3, -0.25) is 4.68 Å². The van der Waals surface area contributed by atoms with Crippen molar-refractivity contribution < 1.29 is 9.84 Å². The van der Waals surface area contributed by atoms with E-state index in [0.717, 1.165) is 30.8 Å². The van der Waals surface area contributed by atoms with Crippen LogP contribution in [0.4, 0.5) is 0 Å². The number of nitrogens with zero attached hydrogens (tertiary/aromatic N) is 2. The van der Waals surface area contributed by atoms with Gasteiger partial charge in [-0.15, -0.1) is 0 Å². The Morgan fingerprint density at radius 1 is 1.30 bits per heavy atom. The molecule has 1 aromatic carbocycles. The highest BCUT2D eigenvalue weighted by atomic mass is 16.5. The summed E-state index contributed by atoms with van der Waals surface area (Å²) in [7, 11) is 1.55. The molecule has 2 N–H and O–H groups in total. The molecule has 2 rings (SSSR count). The summed E-state index contributed by atoms with van der Waals surface area (Å²) in [5.74, 6) is 0.658. The van der Waals surface area contributed by atoms with Crippen LogP contribution in [0.1, 0.15) is 24.6 Å². The average Bonchev–Trinajstić information content (AvgIpc) is 2.89. The molecule has 0 saturated carbocycles. The van der Waals surface area contributed by atoms with Gasteiger partial charge in [0.05, 0.1) is 12.8 Å². The second-order valence-electron chi connectivity index (χ2n) is 4.68. The predicted molar refractivity (Wildman–Crippen MR) is 77.7 cm³/mol. The molecule has 0 spiro atoms. The number of aryl methyl sites for hydroxylation is 1. The molecule has 5 heteroatoms. The van der Waals surface area contributed by atoms with Crippen molar-refractivity contribution in [1.82, 2.24) is 15.1 Å². The molecule has 20 heavy (non-hydrogen) atoms. The molecule has 0 aliphatic rings. The number of nitrogens with one attached hydrogen (secondary N) is 1. The Morgan fingerprint density at radius 2 is 2.15 bits per heavy atom. The first-order valence-electron chi connectivity index (χ1n) is 6.82. The first-order chi connectivity index (χ1) is 9.72. The van der Waals surface area contributed by atoms with Gasteiger partial charge in [-0.25, -0.2) is 0 Å². The van der Waals surface area contributed by atoms with E-state index in [1.807, 2.05) is 29.1 Å². The van der Waals surface area contributed by atoms with Gasteiger partial charge in [-0.2, -0.15) is 5.10 Å². The Labute approximate surface area is 119 Å². The molecule has 0 unspecified atom stereocenters. The van der Waals surface area contributed by atoms with Crippen LogP contribution in [-0.4, -0.2) is 22.0 Å². The van der Waals surface area contributed by atoms with Crippen molar-refractivity contribution in [2.45, 2.75) is 33.0 Å². The number of phenols is 1. The van der Waals surface area contributed by atoms with Crippen LogP contribution in [-0.2, 0) is 19.6 Å². The molecule has 0 radical (unpaired) electrons. The summed E-state index contributed by atoms with van der Waals surface area (Å²) in [6.45, 7) is 4.52. The molecule has 0 aliphatic heterocycles. The number of hydrogen-bond acceptors (Lipinski definition) is 4. The van der Waals surface area contributed by atoms with Crippen molar-refractivity contribution in [3.8, 4) is 11.5 Å². The topological polar surface area (TPSA) is 59.3 Å². The third kappa shape index (κ3) is 3.74. The molecule has 0 saturated heterocycles. The van der Waals surface area contributed by atoms with E-state index in [0.29, 0.717) is 12.3 Å². The minimum absolute atomic E-state index is 0.162. The van der Waals surface area contributed by atoms with Gasteiger partial charge in [-0.1, -0.05) is 13.0 Å². The molecule has 5 nitrogen and oxygen atoms in total. The first kappa shape index (κ1) is 14.4. The van der Waals surface area contributed by atoms with E-state index in [1.54, 1.807) is 13.2 Å². The average molecular weight is 275 g/mol. The van der Waals surface area contributed by atoms with Gasteiger partial charge in [0.15, 0.2) is 11.5 Å². The van der Waals surface area contributed by atoms with Crippen LogP contribution in [0.2, 0.25) is 0 Å². The normalized spacial score (nSPS) is 10.7. The lowest BCUT2D eigenvalue weighted by Crippen LogP contribution is -2.13. The van der Waals surface area contributed by atoms with Gasteiger partial charge in [0, 0.05) is 25.8 Å². The van der Waals surface area contributed by atoms with Crippen molar-refractivity contribution in [2.75, 3.05) is 7.11 Å². The third-order valence-corrected chi connectivity index (χ3v) is 3.03. The van der Waals surface area contributed by atoms with Gasteiger partial charge in [0.2, 0.25) is 0 Å². The molecule has 0 atom stereocenters. The van der Waals surface area contributed by atoms with E-state index in [9.17, 15) is 5.11 Å². The maximum Gasteiger partial charge on any atom is 0.160 e. The standard InChI is InChI=1S/C15H21N3O2/c1-3-7-18-8-6-13(17-18)11-16-10-12-4-5-14(19)15(9-12)20-2/h4-6,8-9,16,19H,3,7,10-11H2,1-2H3. The molecule has 0 amide bonds. The lowest BCUT2D eigenvalue weighted by molar-refractivity contribution is 0.372. The lowest BCUT2D eigenvalue weighted by atomic mass is 10.2. The van der Waals surface area contributed by atoms with E-state index in [4.69, 9.17) is 4.74 Å². The molecule has 0 aliphatic carbocycles. The van der Waals surface area contributed by atoms with E-state index >= 15 is 0 Å². The summed E-state index contributed by atoms with van der Waals surface area (Å²) >= 11 is 0. The van der Waals surface area contributed by atoms with Crippen LogP contribution in [0.3, 0.4) is 0 Å². The number of rotatable bonds is 7. The van der Waals surface area contributed by atoms with Gasteiger partial charge >= 0.3 is 0 Å². The van der Waals surface area contributed by atoms with Crippen molar-refractivity contribution in [1.29, 1.82) is 0 Å². The van der Waals surface area contributed by atoms with Gasteiger partial charge in [0.25, 0.3) is 0 Å². The van der Waals surface area contributed by atoms with Crippen molar-refractivity contribution >= 4 is 0 Å². The molecular weight excluding hydrogens is 254 g/mol. The van der Waals surface area contributed by atoms with E-state index in [2.05, 4.69) is 17.3 Å². The van der Waals surface area contributed by atoms with Crippen molar-refractivity contribution in [3.63, 3.8) is 0 Å². The molecule has 1 aromatic heterocycles. The van der Waals surface area contributed by atoms with Crippen LogP contribution in [0.15, 0.2) is 30.5 Å². The van der Waals surface area contributed by atoms with Crippen molar-refractivity contribution in [3.05, 3.63) is 41.7 Å². The predicted octanol–water partition coefficient (Wildman–Crippen LogP) is 2.30. The zero-order valence-corrected chi connectivity index (χ0v) is 12.0. The summed E-state index contributed by atoms with van der Waals surface area (Å²) in [6, 6.07) is 7.38. The highest BCUT2D eigenvalue weighted by Crippen LogP contribution is 2.26. The molecule has 1 heterocycles. The minimum Gasteiger partial charge on any atom is -0.504 e. The van der Waals surface area contributed by atoms with E-state index in [1.165, 1.54) is 0 Å². The molecule has 0 bridgehead atoms. The quantitative estimate of drug-likeness (QED) is 0.814. The molecular formula is C15H21N3O2. The Bertz CT molecular complexity index is 552. The highest BCUT2D eigenvalue weighted by molar-refractivity contribution is 5.41. The largest absolute Gasteiger partial charge is 0.504 e. The maximum absolute atomic E-state index is 9.53. The fourth-order valence-corrected chi connectivity index (χ4v) is 2.02. The Hall–Kier alpha value is -2.01. The fraction of sp³-hybridized carbons (Fsp3) is 0.400. The number of benzene rings is 1. The first-order valence-corrected chi connectivity index (χ1v) is 6.82. The number of aromatic nitrogens is 2. The lowest BCUT2D eigenvalue weighted by Gasteiger charge is -2.07. The number of methoxy groups -OCH3 is 1. The van der Waals surface area contributed by atoms with Gasteiger partial charge < -0.3 is 15.2 Å². The fourth-order valence-electron chi connectivity index (χ4n) is 2.02. The molecule has 2 aromatic rings. The smallest absolute Gasteiger partial charge is 0.160 e. The molecule has 108 valence electrons. The maximum atomic E-state index is 9.53. The Morgan fingerprint density at radius 3 is 2.90 bits per heavy atom. The van der Waals surface area contributed by atoms with Crippen LogP contribution >= 0.6 is 0 Å². The molecule has 0 fully saturated rings. The Kier molecular flexibility index (Phi) is 5.01. The zero-order chi connectivity index (χ0) is 14.4. The summed E-state index contributed by atoms with van der Waals surface area (Å²) in [6.07, 6.45) is 3.09. The van der Waals surface area contributed by atoms with Gasteiger partial charge in [0.1, 0.15) is 0 Å². The summed E-state index contributed by atoms with van der Waals surface area (Å²) < 4.78 is 7.05. The summed E-state index contributed by atoms with van der Waals surface area (Å²) in [4.78, 5) is 0. The monoisotopic (exact) mass is 275 g/mol. The number of ether oxygens (including phenoxy) is 1. The van der Waals surface area contributed by atoms with Crippen molar-refractivity contribution in [2.24, 2.45) is 0 Å². The summed E-state index contributed by atoms with van der Waals surface area (Å²) in [5, 5.41) is 17.3. The zero-order valence-electron chi connectivity index (χ0n) is 12.0. The van der Waals surface area contributed by atoms with Crippen LogP contribution in [0.25, 0.3) is 0 Å². The number of hydrogen-bond donors (Lipinski definition) is 2. The second kappa shape index (κ2) is 6.96. The number of aromatic hydroxyl groups is 1. The third-order valence-electron chi connectivity index (χ3n) is 3.03. The number of phenolic OH excluding ortho intramolecular Hbond substituents is 1. The second-order valence-corrected chi connectivity index (χ2v) is 4.68. The minimum atomic E-state index is 0.162. The Balaban J connectivity index is 1.85. The van der Waals surface area contributed by atoms with Crippen LogP contribution in [0, 0.1) is 0 Å². The van der Waals surface area contributed by atoms with Gasteiger partial charge in [-0.05, 0) is 30.2 Å². The summed E-state index contributed by atoms with van der Waals surface area (Å²) in [5.41, 5.74) is 2.09. The van der Waals surface area contributed by atoms with E-state index < -0.39 is 0 Å². The SMILES string of the molecule is CCCn1ccc(CNCc2ccc(O)c(OC)c2)n1. The highest BCUT2D eigenvalue weighted by Gasteiger charge is 2.03. The van der Waals surface area contributed by atoms with Crippen LogP contribution in [0.5, 0.6) is 11.5 Å².